The van der Waals surface area contributed by atoms with E-state index in [1.807, 2.05) is 26.2 Å². The summed E-state index contributed by atoms with van der Waals surface area (Å²) >= 11 is 0. The van der Waals surface area contributed by atoms with E-state index in [2.05, 4.69) is 28.2 Å². The third-order valence-electron chi connectivity index (χ3n) is 1.99. The molecular weight excluding hydrogens is 148 g/mol. The number of aromatic amines is 1. The Bertz CT molecular complexity index is 387. The molecule has 1 radical (unpaired) electrons. The lowest BCUT2D eigenvalue weighted by molar-refractivity contribution is 1.14. The number of benzene rings is 1. The van der Waals surface area contributed by atoms with E-state index in [-0.39, 0.29) is 0 Å². The fraction of sp³-hybridized carbons (Fsp3) is 0.200. The molecule has 0 unspecified atom stereocenters. The van der Waals surface area contributed by atoms with Crippen LogP contribution in [0.1, 0.15) is 0 Å². The van der Waals surface area contributed by atoms with Crippen molar-refractivity contribution in [1.29, 1.82) is 0 Å². The number of fused-ring (bicyclic) bond motifs is 1. The van der Waals surface area contributed by atoms with Crippen molar-refractivity contribution in [3.63, 3.8) is 0 Å². The average Bonchev–Trinajstić information content (AvgIpc) is 2.49. The molecule has 0 atom stereocenters. The SMILES string of the molecule is CN(C)c1cccc2[nH][c]cc12. The minimum atomic E-state index is 1.14. The van der Waals surface area contributed by atoms with Crippen LogP contribution in [-0.2, 0) is 0 Å². The highest BCUT2D eigenvalue weighted by atomic mass is 15.1. The molecule has 1 N–H and O–H groups in total. The molecule has 0 saturated heterocycles. The van der Waals surface area contributed by atoms with Crippen molar-refractivity contribution in [2.24, 2.45) is 0 Å². The largest absolute Gasteiger partial charge is 0.377 e. The number of hydrogen-bond donors (Lipinski definition) is 1. The van der Waals surface area contributed by atoms with Gasteiger partial charge in [0.1, 0.15) is 0 Å². The Hall–Kier alpha value is -1.44. The van der Waals surface area contributed by atoms with Gasteiger partial charge in [-0.05, 0) is 18.2 Å². The van der Waals surface area contributed by atoms with Crippen LogP contribution in [0.15, 0.2) is 24.3 Å². The van der Waals surface area contributed by atoms with Crippen molar-refractivity contribution in [2.75, 3.05) is 19.0 Å². The molecular formula is C10H11N2. The summed E-state index contributed by atoms with van der Waals surface area (Å²) in [6.45, 7) is 0. The second-order valence-electron chi connectivity index (χ2n) is 3.05. The number of rotatable bonds is 1. The molecule has 0 spiro atoms. The maximum atomic E-state index is 3.06. The average molecular weight is 159 g/mol. The first-order valence-electron chi connectivity index (χ1n) is 3.94. The Kier molecular flexibility index (Phi) is 1.54. The van der Waals surface area contributed by atoms with Crippen molar-refractivity contribution in [1.82, 2.24) is 4.98 Å². The molecule has 1 aromatic heterocycles. The van der Waals surface area contributed by atoms with Crippen LogP contribution in [0.25, 0.3) is 10.9 Å². The quantitative estimate of drug-likeness (QED) is 0.674. The molecule has 0 amide bonds. The smallest absolute Gasteiger partial charge is 0.0631 e. The van der Waals surface area contributed by atoms with Crippen LogP contribution >= 0.6 is 0 Å². The van der Waals surface area contributed by atoms with Gasteiger partial charge in [0.25, 0.3) is 0 Å². The molecule has 61 valence electrons. The van der Waals surface area contributed by atoms with Crippen LogP contribution in [0.4, 0.5) is 5.69 Å². The van der Waals surface area contributed by atoms with Gasteiger partial charge in [0.2, 0.25) is 0 Å². The molecule has 0 aliphatic rings. The summed E-state index contributed by atoms with van der Waals surface area (Å²) in [5, 5.41) is 1.22. The second kappa shape index (κ2) is 2.55. The third kappa shape index (κ3) is 0.961. The lowest BCUT2D eigenvalue weighted by Crippen LogP contribution is -2.08. The predicted octanol–water partition coefficient (Wildman–Crippen LogP) is 2.03. The number of H-pyrrole nitrogens is 1. The van der Waals surface area contributed by atoms with E-state index >= 15 is 0 Å². The first-order chi connectivity index (χ1) is 5.79. The molecule has 2 heteroatoms. The van der Waals surface area contributed by atoms with E-state index in [9.17, 15) is 0 Å². The van der Waals surface area contributed by atoms with E-state index in [1.54, 1.807) is 0 Å². The summed E-state index contributed by atoms with van der Waals surface area (Å²) in [5.41, 5.74) is 2.37. The normalized spacial score (nSPS) is 10.5. The maximum absolute atomic E-state index is 3.06. The minimum absolute atomic E-state index is 1.14. The van der Waals surface area contributed by atoms with E-state index in [1.165, 1.54) is 11.1 Å². The molecule has 0 aliphatic heterocycles. The Morgan fingerprint density at radius 1 is 1.33 bits per heavy atom. The zero-order valence-corrected chi connectivity index (χ0v) is 7.26. The fourth-order valence-electron chi connectivity index (χ4n) is 1.39. The molecule has 0 aliphatic carbocycles. The van der Waals surface area contributed by atoms with Crippen LogP contribution in [0, 0.1) is 6.20 Å². The Morgan fingerprint density at radius 3 is 2.92 bits per heavy atom. The molecule has 12 heavy (non-hydrogen) atoms. The van der Waals surface area contributed by atoms with E-state index in [0.29, 0.717) is 0 Å². The maximum Gasteiger partial charge on any atom is 0.0631 e. The van der Waals surface area contributed by atoms with Crippen LogP contribution < -0.4 is 4.90 Å². The molecule has 0 bridgehead atoms. The van der Waals surface area contributed by atoms with Gasteiger partial charge in [-0.1, -0.05) is 6.07 Å². The molecule has 2 rings (SSSR count). The topological polar surface area (TPSA) is 19.0 Å². The van der Waals surface area contributed by atoms with E-state index < -0.39 is 0 Å². The molecule has 1 aromatic carbocycles. The monoisotopic (exact) mass is 159 g/mol. The van der Waals surface area contributed by atoms with Gasteiger partial charge in [0.05, 0.1) is 6.20 Å². The van der Waals surface area contributed by atoms with Gasteiger partial charge in [0.15, 0.2) is 0 Å². The predicted molar refractivity (Wildman–Crippen MR) is 51.5 cm³/mol. The van der Waals surface area contributed by atoms with Gasteiger partial charge in [-0.2, -0.15) is 0 Å². The summed E-state index contributed by atoms with van der Waals surface area (Å²) < 4.78 is 0. The molecule has 1 heterocycles. The zero-order valence-electron chi connectivity index (χ0n) is 7.26. The Labute approximate surface area is 71.8 Å². The zero-order chi connectivity index (χ0) is 8.55. The van der Waals surface area contributed by atoms with Gasteiger partial charge in [-0.3, -0.25) is 0 Å². The Balaban J connectivity index is 2.73. The van der Waals surface area contributed by atoms with Crippen molar-refractivity contribution in [2.45, 2.75) is 0 Å². The van der Waals surface area contributed by atoms with Crippen LogP contribution in [0.2, 0.25) is 0 Å². The first kappa shape index (κ1) is 7.22. The number of hydrogen-bond acceptors (Lipinski definition) is 1. The van der Waals surface area contributed by atoms with Gasteiger partial charge < -0.3 is 9.88 Å². The number of nitrogens with one attached hydrogen (secondary N) is 1. The van der Waals surface area contributed by atoms with Crippen molar-refractivity contribution >= 4 is 16.6 Å². The van der Waals surface area contributed by atoms with Crippen LogP contribution in [-0.4, -0.2) is 19.1 Å². The van der Waals surface area contributed by atoms with Crippen LogP contribution in [0.3, 0.4) is 0 Å². The molecule has 0 fully saturated rings. The molecule has 2 aromatic rings. The number of aromatic nitrogens is 1. The fourth-order valence-corrected chi connectivity index (χ4v) is 1.39. The number of anilines is 1. The van der Waals surface area contributed by atoms with Crippen molar-refractivity contribution in [3.05, 3.63) is 30.5 Å². The number of nitrogens with zero attached hydrogens (tertiary/aromatic N) is 1. The summed E-state index contributed by atoms with van der Waals surface area (Å²) in [6, 6.07) is 8.18. The first-order valence-corrected chi connectivity index (χ1v) is 3.94. The van der Waals surface area contributed by atoms with Crippen LogP contribution in [0.5, 0.6) is 0 Å². The highest BCUT2D eigenvalue weighted by Gasteiger charge is 2.01. The van der Waals surface area contributed by atoms with Gasteiger partial charge in [-0.25, -0.2) is 0 Å². The van der Waals surface area contributed by atoms with Crippen molar-refractivity contribution < 1.29 is 0 Å². The lowest BCUT2D eigenvalue weighted by Gasteiger charge is -2.12. The third-order valence-corrected chi connectivity index (χ3v) is 1.99. The van der Waals surface area contributed by atoms with Crippen molar-refractivity contribution in [3.8, 4) is 0 Å². The van der Waals surface area contributed by atoms with Gasteiger partial charge in [-0.15, -0.1) is 0 Å². The highest BCUT2D eigenvalue weighted by molar-refractivity contribution is 5.91. The van der Waals surface area contributed by atoms with E-state index in [0.717, 1.165) is 5.52 Å². The summed E-state index contributed by atoms with van der Waals surface area (Å²) in [5.74, 6) is 0. The summed E-state index contributed by atoms with van der Waals surface area (Å²) in [4.78, 5) is 5.16. The standard InChI is InChI=1S/C10H11N2/c1-12(2)10-5-3-4-9-8(10)6-7-11-9/h3-6,11H,1-2H3. The molecule has 2 nitrogen and oxygen atoms in total. The highest BCUT2D eigenvalue weighted by Crippen LogP contribution is 2.23. The minimum Gasteiger partial charge on any atom is -0.377 e. The lowest BCUT2D eigenvalue weighted by atomic mass is 10.2. The van der Waals surface area contributed by atoms with E-state index in [4.69, 9.17) is 0 Å². The van der Waals surface area contributed by atoms with Gasteiger partial charge >= 0.3 is 0 Å². The summed E-state index contributed by atoms with van der Waals surface area (Å²) in [7, 11) is 4.09. The van der Waals surface area contributed by atoms with Gasteiger partial charge in [0, 0.05) is 30.7 Å². The Morgan fingerprint density at radius 2 is 2.17 bits per heavy atom. The molecule has 0 saturated carbocycles. The second-order valence-corrected chi connectivity index (χ2v) is 3.05. The summed E-state index contributed by atoms with van der Waals surface area (Å²) in [6.07, 6.45) is 2.98.